The second-order valence-corrected chi connectivity index (χ2v) is 6.35. The molecule has 2 nitrogen and oxygen atoms in total. The first-order valence-corrected chi connectivity index (χ1v) is 6.71. The van der Waals surface area contributed by atoms with Crippen LogP contribution in [0, 0.1) is 5.41 Å². The van der Waals surface area contributed by atoms with Crippen LogP contribution >= 0.6 is 0 Å². The van der Waals surface area contributed by atoms with Crippen LogP contribution in [0.25, 0.3) is 0 Å². The maximum absolute atomic E-state index is 6.18. The van der Waals surface area contributed by atoms with E-state index in [2.05, 4.69) is 4.90 Å². The van der Waals surface area contributed by atoms with E-state index in [9.17, 15) is 0 Å². The van der Waals surface area contributed by atoms with Crippen molar-refractivity contribution < 1.29 is 0 Å². The fourth-order valence-corrected chi connectivity index (χ4v) is 3.57. The van der Waals surface area contributed by atoms with Crippen LogP contribution in [0.2, 0.25) is 0 Å². The first-order chi connectivity index (χ1) is 7.20. The highest BCUT2D eigenvalue weighted by molar-refractivity contribution is 5.02. The molecule has 0 amide bonds. The lowest BCUT2D eigenvalue weighted by atomic mass is 9.77. The van der Waals surface area contributed by atoms with E-state index >= 15 is 0 Å². The molecular formula is C13H24N2. The van der Waals surface area contributed by atoms with Gasteiger partial charge in [-0.3, -0.25) is 0 Å². The summed E-state index contributed by atoms with van der Waals surface area (Å²) in [4.78, 5) is 2.62. The summed E-state index contributed by atoms with van der Waals surface area (Å²) in [5.41, 5.74) is 7.17. The lowest BCUT2D eigenvalue weighted by Gasteiger charge is -2.40. The Balaban J connectivity index is 1.51. The van der Waals surface area contributed by atoms with Gasteiger partial charge >= 0.3 is 0 Å². The molecule has 3 rings (SSSR count). The number of rotatable bonds is 2. The Morgan fingerprint density at radius 2 is 1.47 bits per heavy atom. The summed E-state index contributed by atoms with van der Waals surface area (Å²) in [6.45, 7) is 3.81. The molecule has 1 saturated heterocycles. The van der Waals surface area contributed by atoms with Gasteiger partial charge in [-0.05, 0) is 57.0 Å². The Hall–Kier alpha value is -0.0800. The molecule has 0 aromatic rings. The van der Waals surface area contributed by atoms with Crippen molar-refractivity contribution in [3.63, 3.8) is 0 Å². The minimum absolute atomic E-state index is 0.222. The van der Waals surface area contributed by atoms with Crippen LogP contribution in [0.5, 0.6) is 0 Å². The summed E-state index contributed by atoms with van der Waals surface area (Å²) in [5.74, 6) is 0. The van der Waals surface area contributed by atoms with Crippen molar-refractivity contribution >= 4 is 0 Å². The second-order valence-electron chi connectivity index (χ2n) is 6.35. The Kier molecular flexibility index (Phi) is 2.33. The van der Waals surface area contributed by atoms with Crippen molar-refractivity contribution in [2.75, 3.05) is 19.6 Å². The minimum atomic E-state index is 0.222. The van der Waals surface area contributed by atoms with E-state index in [1.807, 2.05) is 0 Å². The molecule has 0 bridgehead atoms. The molecule has 0 radical (unpaired) electrons. The van der Waals surface area contributed by atoms with Gasteiger partial charge in [0.15, 0.2) is 0 Å². The molecule has 2 N–H and O–H groups in total. The van der Waals surface area contributed by atoms with Gasteiger partial charge in [-0.1, -0.05) is 12.8 Å². The van der Waals surface area contributed by atoms with E-state index in [1.165, 1.54) is 71.0 Å². The first-order valence-electron chi connectivity index (χ1n) is 6.71. The number of hydrogen-bond acceptors (Lipinski definition) is 2. The maximum Gasteiger partial charge on any atom is 0.0284 e. The summed E-state index contributed by atoms with van der Waals surface area (Å²) in [7, 11) is 0. The standard InChI is InChI=1S/C13H24N2/c14-13(5-6-13)11-15-9-7-12(8-10-15)3-1-2-4-12/h1-11,14H2. The molecule has 0 aromatic carbocycles. The van der Waals surface area contributed by atoms with Crippen LogP contribution in [0.4, 0.5) is 0 Å². The number of nitrogens with zero attached hydrogens (tertiary/aromatic N) is 1. The molecule has 2 aliphatic carbocycles. The van der Waals surface area contributed by atoms with E-state index in [-0.39, 0.29) is 5.54 Å². The number of likely N-dealkylation sites (tertiary alicyclic amines) is 1. The van der Waals surface area contributed by atoms with Crippen LogP contribution in [0.15, 0.2) is 0 Å². The van der Waals surface area contributed by atoms with Crippen LogP contribution in [0.3, 0.4) is 0 Å². The first kappa shape index (κ1) is 10.1. The molecule has 1 heterocycles. The second kappa shape index (κ2) is 3.46. The summed E-state index contributed by atoms with van der Waals surface area (Å²) in [5, 5.41) is 0. The van der Waals surface area contributed by atoms with E-state index in [0.29, 0.717) is 0 Å². The fourth-order valence-electron chi connectivity index (χ4n) is 3.57. The quantitative estimate of drug-likeness (QED) is 0.753. The lowest BCUT2D eigenvalue weighted by Crippen LogP contribution is -2.45. The predicted octanol–water partition coefficient (Wildman–Crippen LogP) is 2.13. The van der Waals surface area contributed by atoms with Gasteiger partial charge in [-0.15, -0.1) is 0 Å². The van der Waals surface area contributed by atoms with Gasteiger partial charge in [0.1, 0.15) is 0 Å². The van der Waals surface area contributed by atoms with E-state index < -0.39 is 0 Å². The molecule has 0 unspecified atom stereocenters. The van der Waals surface area contributed by atoms with E-state index in [0.717, 1.165) is 5.41 Å². The molecule has 15 heavy (non-hydrogen) atoms. The normalized spacial score (nSPS) is 33.4. The van der Waals surface area contributed by atoms with Crippen molar-refractivity contribution in [3.05, 3.63) is 0 Å². The van der Waals surface area contributed by atoms with Crippen molar-refractivity contribution in [1.29, 1.82) is 0 Å². The highest BCUT2D eigenvalue weighted by Gasteiger charge is 2.42. The van der Waals surface area contributed by atoms with Crippen molar-refractivity contribution in [1.82, 2.24) is 4.90 Å². The number of hydrogen-bond donors (Lipinski definition) is 1. The average Bonchev–Trinajstić information content (AvgIpc) is 2.79. The monoisotopic (exact) mass is 208 g/mol. The summed E-state index contributed by atoms with van der Waals surface area (Å²) < 4.78 is 0. The highest BCUT2D eigenvalue weighted by Crippen LogP contribution is 2.46. The number of piperidine rings is 1. The molecule has 1 aliphatic heterocycles. The Labute approximate surface area is 93.2 Å². The maximum atomic E-state index is 6.18. The van der Waals surface area contributed by atoms with Gasteiger partial charge < -0.3 is 10.6 Å². The van der Waals surface area contributed by atoms with Crippen molar-refractivity contribution in [2.45, 2.75) is 56.9 Å². The molecule has 3 fully saturated rings. The SMILES string of the molecule is NC1(CN2CCC3(CCCC3)CC2)CC1. The van der Waals surface area contributed by atoms with Crippen LogP contribution in [-0.2, 0) is 0 Å². The predicted molar refractivity (Wildman–Crippen MR) is 62.7 cm³/mol. The van der Waals surface area contributed by atoms with E-state index in [1.54, 1.807) is 0 Å². The summed E-state index contributed by atoms with van der Waals surface area (Å²) in [6.07, 6.45) is 11.4. The molecule has 3 aliphatic rings. The van der Waals surface area contributed by atoms with Crippen LogP contribution in [0.1, 0.15) is 51.4 Å². The molecule has 1 spiro atoms. The number of nitrogens with two attached hydrogens (primary N) is 1. The summed E-state index contributed by atoms with van der Waals surface area (Å²) >= 11 is 0. The van der Waals surface area contributed by atoms with Gasteiger partial charge in [0.05, 0.1) is 0 Å². The molecule has 86 valence electrons. The van der Waals surface area contributed by atoms with Gasteiger partial charge in [-0.25, -0.2) is 0 Å². The Morgan fingerprint density at radius 3 is 2.00 bits per heavy atom. The smallest absolute Gasteiger partial charge is 0.0284 e. The van der Waals surface area contributed by atoms with Gasteiger partial charge in [0.2, 0.25) is 0 Å². The molecule has 2 saturated carbocycles. The lowest BCUT2D eigenvalue weighted by molar-refractivity contribution is 0.102. The Morgan fingerprint density at radius 1 is 0.867 bits per heavy atom. The van der Waals surface area contributed by atoms with Gasteiger partial charge in [0, 0.05) is 12.1 Å². The highest BCUT2D eigenvalue weighted by atomic mass is 15.2. The third-order valence-corrected chi connectivity index (χ3v) is 5.01. The third-order valence-electron chi connectivity index (χ3n) is 5.01. The average molecular weight is 208 g/mol. The van der Waals surface area contributed by atoms with Gasteiger partial charge in [-0.2, -0.15) is 0 Å². The topological polar surface area (TPSA) is 29.3 Å². The van der Waals surface area contributed by atoms with Crippen molar-refractivity contribution in [2.24, 2.45) is 11.1 Å². The molecule has 2 heteroatoms. The summed E-state index contributed by atoms with van der Waals surface area (Å²) in [6, 6.07) is 0. The van der Waals surface area contributed by atoms with Crippen LogP contribution in [-0.4, -0.2) is 30.1 Å². The minimum Gasteiger partial charge on any atom is -0.324 e. The van der Waals surface area contributed by atoms with Crippen molar-refractivity contribution in [3.8, 4) is 0 Å². The zero-order valence-electron chi connectivity index (χ0n) is 9.80. The Bertz CT molecular complexity index is 229. The molecule has 0 aromatic heterocycles. The van der Waals surface area contributed by atoms with Gasteiger partial charge in [0.25, 0.3) is 0 Å². The zero-order valence-corrected chi connectivity index (χ0v) is 9.80. The molecule has 0 atom stereocenters. The largest absolute Gasteiger partial charge is 0.324 e. The van der Waals surface area contributed by atoms with E-state index in [4.69, 9.17) is 5.73 Å². The third kappa shape index (κ3) is 2.07. The molecular weight excluding hydrogens is 184 g/mol. The van der Waals surface area contributed by atoms with Crippen LogP contribution < -0.4 is 5.73 Å². The zero-order chi connectivity index (χ0) is 10.4. The fraction of sp³-hybridized carbons (Fsp3) is 1.00.